The lowest BCUT2D eigenvalue weighted by Gasteiger charge is -2.25. The fourth-order valence-corrected chi connectivity index (χ4v) is 2.50. The molecule has 2 aromatic rings. The van der Waals surface area contributed by atoms with Gasteiger partial charge in [0.2, 0.25) is 0 Å². The predicted molar refractivity (Wildman–Crippen MR) is 77.9 cm³/mol. The molecule has 1 aromatic heterocycles. The Morgan fingerprint density at radius 1 is 1.11 bits per heavy atom. The van der Waals surface area contributed by atoms with E-state index in [0.717, 1.165) is 12.2 Å². The molecule has 5 heteroatoms. The number of benzene rings is 1. The predicted octanol–water partition coefficient (Wildman–Crippen LogP) is 3.15. The van der Waals surface area contributed by atoms with E-state index in [0.29, 0.717) is 34.5 Å². The van der Waals surface area contributed by atoms with Crippen LogP contribution in [0, 0.1) is 17.8 Å². The largest absolute Gasteiger partial charge is 0.397 e. The first-order valence-electron chi connectivity index (χ1n) is 6.75. The van der Waals surface area contributed by atoms with Gasteiger partial charge in [0, 0.05) is 6.54 Å². The Morgan fingerprint density at radius 2 is 1.74 bits per heavy atom. The first kappa shape index (κ1) is 13.6. The molecule has 0 bridgehead atoms. The summed E-state index contributed by atoms with van der Waals surface area (Å²) >= 11 is 0. The Balaban J connectivity index is 2.18. The molecule has 1 aromatic carbocycles. The summed E-state index contributed by atoms with van der Waals surface area (Å²) in [5.41, 5.74) is 8.67. The van der Waals surface area contributed by atoms with E-state index in [4.69, 9.17) is 10.4 Å². The van der Waals surface area contributed by atoms with Gasteiger partial charge < -0.3 is 11.1 Å². The van der Waals surface area contributed by atoms with E-state index in [1.807, 2.05) is 12.1 Å². The summed E-state index contributed by atoms with van der Waals surface area (Å²) in [4.78, 5) is 0. The zero-order chi connectivity index (χ0) is 14.0. The van der Waals surface area contributed by atoms with Crippen LogP contribution in [-0.4, -0.2) is 16.9 Å². The fourth-order valence-electron chi connectivity index (χ4n) is 2.50. The third kappa shape index (κ3) is 2.80. The molecule has 0 saturated carbocycles. The molecule has 0 aliphatic carbocycles. The maximum Gasteiger partial charge on any atom is 0.160 e. The summed E-state index contributed by atoms with van der Waals surface area (Å²) in [6.07, 6.45) is 0. The summed E-state index contributed by atoms with van der Waals surface area (Å²) in [5.74, 6) is 1.87. The van der Waals surface area contributed by atoms with Gasteiger partial charge in [-0.25, -0.2) is 4.63 Å². The van der Waals surface area contributed by atoms with Crippen LogP contribution in [0.4, 0.5) is 11.4 Å². The number of nitrogens with one attached hydrogen (secondary N) is 1. The second-order valence-electron chi connectivity index (χ2n) is 5.70. The number of hydrogen-bond donors (Lipinski definition) is 2. The Labute approximate surface area is 113 Å². The number of nitrogen functional groups attached to an aromatic ring is 1. The summed E-state index contributed by atoms with van der Waals surface area (Å²) in [6, 6.07) is 3.76. The first-order chi connectivity index (χ1) is 9.00. The maximum absolute atomic E-state index is 5.83. The van der Waals surface area contributed by atoms with Crippen molar-refractivity contribution in [2.75, 3.05) is 17.6 Å². The molecule has 0 fully saturated rings. The number of fused-ring (bicyclic) bond motifs is 1. The van der Waals surface area contributed by atoms with Crippen LogP contribution in [0.15, 0.2) is 16.8 Å². The zero-order valence-electron chi connectivity index (χ0n) is 12.0. The van der Waals surface area contributed by atoms with Crippen molar-refractivity contribution in [3.63, 3.8) is 0 Å². The number of aromatic nitrogens is 2. The van der Waals surface area contributed by atoms with E-state index in [2.05, 4.69) is 43.3 Å². The van der Waals surface area contributed by atoms with Gasteiger partial charge in [-0.3, -0.25) is 0 Å². The van der Waals surface area contributed by atoms with Gasteiger partial charge in [-0.15, -0.1) is 0 Å². The quantitative estimate of drug-likeness (QED) is 0.809. The minimum Gasteiger partial charge on any atom is -0.397 e. The Kier molecular flexibility index (Phi) is 3.93. The van der Waals surface area contributed by atoms with Gasteiger partial charge in [0.25, 0.3) is 0 Å². The third-order valence-electron chi connectivity index (χ3n) is 3.69. The van der Waals surface area contributed by atoms with E-state index in [9.17, 15) is 0 Å². The topological polar surface area (TPSA) is 77.0 Å². The molecule has 0 aliphatic heterocycles. The molecule has 0 spiro atoms. The van der Waals surface area contributed by atoms with Gasteiger partial charge >= 0.3 is 0 Å². The molecule has 0 aliphatic rings. The van der Waals surface area contributed by atoms with Gasteiger partial charge in [0.15, 0.2) is 11.0 Å². The van der Waals surface area contributed by atoms with Crippen molar-refractivity contribution in [3.8, 4) is 0 Å². The van der Waals surface area contributed by atoms with Gasteiger partial charge in [-0.2, -0.15) is 0 Å². The molecular formula is C14H22N4O. The Morgan fingerprint density at radius 3 is 2.37 bits per heavy atom. The minimum atomic E-state index is 0.589. The summed E-state index contributed by atoms with van der Waals surface area (Å²) in [7, 11) is 0. The highest BCUT2D eigenvalue weighted by Gasteiger charge is 2.18. The van der Waals surface area contributed by atoms with Crippen LogP contribution in [-0.2, 0) is 0 Å². The van der Waals surface area contributed by atoms with Crippen LogP contribution in [0.25, 0.3) is 11.0 Å². The van der Waals surface area contributed by atoms with Crippen molar-refractivity contribution < 1.29 is 4.63 Å². The second-order valence-corrected chi connectivity index (χ2v) is 5.70. The standard InChI is InChI=1S/C14H22N4O/c1-8(2)10(9(3)4)7-16-12-6-5-11(15)13-14(12)18-19-17-13/h5-6,8-10,16H,7,15H2,1-4H3. The van der Waals surface area contributed by atoms with Crippen molar-refractivity contribution >= 4 is 22.4 Å². The molecule has 0 amide bonds. The number of hydrogen-bond acceptors (Lipinski definition) is 5. The SMILES string of the molecule is CC(C)C(CNc1ccc(N)c2nonc12)C(C)C. The monoisotopic (exact) mass is 262 g/mol. The molecule has 0 saturated heterocycles. The zero-order valence-corrected chi connectivity index (χ0v) is 12.0. The van der Waals surface area contributed by atoms with Crippen molar-refractivity contribution in [3.05, 3.63) is 12.1 Å². The molecule has 0 atom stereocenters. The average molecular weight is 262 g/mol. The third-order valence-corrected chi connectivity index (χ3v) is 3.69. The summed E-state index contributed by atoms with van der Waals surface area (Å²) in [6.45, 7) is 9.91. The van der Waals surface area contributed by atoms with E-state index in [1.165, 1.54) is 0 Å². The maximum atomic E-state index is 5.83. The molecule has 0 unspecified atom stereocenters. The smallest absolute Gasteiger partial charge is 0.160 e. The van der Waals surface area contributed by atoms with E-state index < -0.39 is 0 Å². The lowest BCUT2D eigenvalue weighted by Crippen LogP contribution is -2.24. The minimum absolute atomic E-state index is 0.589. The lowest BCUT2D eigenvalue weighted by atomic mass is 9.85. The number of nitrogens with two attached hydrogens (primary N) is 1. The Bertz CT molecular complexity index is 539. The van der Waals surface area contributed by atoms with Crippen molar-refractivity contribution in [1.82, 2.24) is 10.3 Å². The lowest BCUT2D eigenvalue weighted by molar-refractivity contribution is 0.304. The van der Waals surface area contributed by atoms with E-state index in [1.54, 1.807) is 0 Å². The van der Waals surface area contributed by atoms with Crippen molar-refractivity contribution in [1.29, 1.82) is 0 Å². The summed E-state index contributed by atoms with van der Waals surface area (Å²) < 4.78 is 4.77. The highest BCUT2D eigenvalue weighted by molar-refractivity contribution is 5.94. The van der Waals surface area contributed by atoms with Crippen LogP contribution in [0.3, 0.4) is 0 Å². The van der Waals surface area contributed by atoms with Crippen LogP contribution in [0.5, 0.6) is 0 Å². The highest BCUT2D eigenvalue weighted by Crippen LogP contribution is 2.27. The number of nitrogens with zero attached hydrogens (tertiary/aromatic N) is 2. The number of anilines is 2. The van der Waals surface area contributed by atoms with Crippen molar-refractivity contribution in [2.24, 2.45) is 17.8 Å². The van der Waals surface area contributed by atoms with Gasteiger partial charge in [-0.1, -0.05) is 27.7 Å². The average Bonchev–Trinajstić information content (AvgIpc) is 2.81. The van der Waals surface area contributed by atoms with Crippen LogP contribution < -0.4 is 11.1 Å². The van der Waals surface area contributed by atoms with E-state index in [-0.39, 0.29) is 0 Å². The van der Waals surface area contributed by atoms with Crippen LogP contribution >= 0.6 is 0 Å². The van der Waals surface area contributed by atoms with Crippen molar-refractivity contribution in [2.45, 2.75) is 27.7 Å². The fraction of sp³-hybridized carbons (Fsp3) is 0.571. The molecular weight excluding hydrogens is 240 g/mol. The summed E-state index contributed by atoms with van der Waals surface area (Å²) in [5, 5.41) is 11.2. The molecule has 5 nitrogen and oxygen atoms in total. The molecule has 2 rings (SSSR count). The molecule has 104 valence electrons. The molecule has 3 N–H and O–H groups in total. The number of rotatable bonds is 5. The first-order valence-corrected chi connectivity index (χ1v) is 6.75. The second kappa shape index (κ2) is 5.47. The molecule has 1 heterocycles. The Hall–Kier alpha value is -1.78. The van der Waals surface area contributed by atoms with Gasteiger partial charge in [0.1, 0.15) is 0 Å². The molecule has 0 radical (unpaired) electrons. The normalized spacial score (nSPS) is 11.9. The highest BCUT2D eigenvalue weighted by atomic mass is 16.6. The molecule has 19 heavy (non-hydrogen) atoms. The van der Waals surface area contributed by atoms with Gasteiger partial charge in [0.05, 0.1) is 11.4 Å². The van der Waals surface area contributed by atoms with E-state index >= 15 is 0 Å². The van der Waals surface area contributed by atoms with Crippen LogP contribution in [0.2, 0.25) is 0 Å². The van der Waals surface area contributed by atoms with Crippen LogP contribution in [0.1, 0.15) is 27.7 Å². The van der Waals surface area contributed by atoms with Gasteiger partial charge in [-0.05, 0) is 40.2 Å².